The van der Waals surface area contributed by atoms with Crippen LogP contribution in [0.25, 0.3) is 5.76 Å². The second kappa shape index (κ2) is 7.94. The number of thiocarbonyl (C=S) groups is 1. The van der Waals surface area contributed by atoms with Crippen LogP contribution in [-0.2, 0) is 4.79 Å². The minimum Gasteiger partial charge on any atom is -0.456 e. The summed E-state index contributed by atoms with van der Waals surface area (Å²) in [4.78, 5) is 13.0. The smallest absolute Gasteiger partial charge is 0.263 e. The molecule has 2 heterocycles. The van der Waals surface area contributed by atoms with Crippen molar-refractivity contribution >= 4 is 40.0 Å². The summed E-state index contributed by atoms with van der Waals surface area (Å²) in [5, 5.41) is 2.71. The summed E-state index contributed by atoms with van der Waals surface area (Å²) in [6.07, 6.45) is 1.93. The van der Waals surface area contributed by atoms with Crippen molar-refractivity contribution in [3.8, 4) is 5.75 Å². The van der Waals surface area contributed by atoms with Gasteiger partial charge in [-0.1, -0.05) is 103 Å². The number of para-hydroxylation sites is 1. The molecule has 3 aromatic carbocycles. The number of fused-ring (bicyclic) bond motifs is 1. The van der Waals surface area contributed by atoms with Gasteiger partial charge in [-0.05, 0) is 17.7 Å². The van der Waals surface area contributed by atoms with Crippen LogP contribution in [0.15, 0.2) is 101 Å². The number of carbonyl (C=O) groups excluding carboxylic acids is 1. The Morgan fingerprint density at radius 2 is 1.57 bits per heavy atom. The maximum Gasteiger partial charge on any atom is 0.263 e. The lowest BCUT2D eigenvalue weighted by molar-refractivity contribution is -0.115. The van der Waals surface area contributed by atoms with Crippen LogP contribution in [0.4, 0.5) is 0 Å². The summed E-state index contributed by atoms with van der Waals surface area (Å²) >= 11 is 6.48. The Morgan fingerprint density at radius 1 is 0.900 bits per heavy atom. The third kappa shape index (κ3) is 3.47. The molecule has 0 aromatic heterocycles. The molecule has 146 valence electrons. The van der Waals surface area contributed by atoms with E-state index >= 15 is 0 Å². The van der Waals surface area contributed by atoms with Crippen LogP contribution in [0.5, 0.6) is 5.75 Å². The van der Waals surface area contributed by atoms with Crippen molar-refractivity contribution in [1.82, 2.24) is 5.32 Å². The van der Waals surface area contributed by atoms with E-state index in [1.54, 1.807) is 0 Å². The van der Waals surface area contributed by atoms with Gasteiger partial charge in [0.25, 0.3) is 5.91 Å². The first-order valence-electron chi connectivity index (χ1n) is 9.57. The van der Waals surface area contributed by atoms with E-state index in [-0.39, 0.29) is 11.8 Å². The minimum absolute atomic E-state index is 0.0681. The number of rotatable bonds is 3. The number of carbonyl (C=O) groups is 1. The van der Waals surface area contributed by atoms with Gasteiger partial charge < -0.3 is 10.1 Å². The molecule has 1 fully saturated rings. The van der Waals surface area contributed by atoms with Crippen molar-refractivity contribution in [3.63, 3.8) is 0 Å². The van der Waals surface area contributed by atoms with Crippen LogP contribution in [0.3, 0.4) is 0 Å². The van der Waals surface area contributed by atoms with Gasteiger partial charge in [0.15, 0.2) is 0 Å². The zero-order valence-corrected chi connectivity index (χ0v) is 17.5. The van der Waals surface area contributed by atoms with Crippen molar-refractivity contribution in [2.75, 3.05) is 0 Å². The number of allylic oxidation sites excluding steroid dienone is 2. The van der Waals surface area contributed by atoms with Crippen molar-refractivity contribution in [3.05, 3.63) is 118 Å². The summed E-state index contributed by atoms with van der Waals surface area (Å²) in [6, 6.07) is 28.4. The Labute approximate surface area is 184 Å². The van der Waals surface area contributed by atoms with Crippen LogP contribution in [0.2, 0.25) is 0 Å². The van der Waals surface area contributed by atoms with Gasteiger partial charge in [-0.2, -0.15) is 0 Å². The fourth-order valence-electron chi connectivity index (χ4n) is 3.81. The molecule has 2 aliphatic rings. The highest BCUT2D eigenvalue weighted by Gasteiger charge is 2.32. The van der Waals surface area contributed by atoms with E-state index in [1.165, 1.54) is 11.8 Å². The van der Waals surface area contributed by atoms with Crippen molar-refractivity contribution in [2.24, 2.45) is 0 Å². The van der Waals surface area contributed by atoms with Gasteiger partial charge in [-0.15, -0.1) is 0 Å². The van der Waals surface area contributed by atoms with E-state index in [0.717, 1.165) is 33.8 Å². The molecule has 30 heavy (non-hydrogen) atoms. The topological polar surface area (TPSA) is 38.3 Å². The molecule has 2 aliphatic heterocycles. The molecular formula is C25H17NO2S2. The lowest BCUT2D eigenvalue weighted by atomic mass is 9.81. The summed E-state index contributed by atoms with van der Waals surface area (Å²) in [6.45, 7) is 0. The average molecular weight is 428 g/mol. The molecule has 0 spiro atoms. The number of ether oxygens (including phenoxy) is 1. The number of benzene rings is 3. The van der Waals surface area contributed by atoms with E-state index in [0.29, 0.717) is 9.23 Å². The van der Waals surface area contributed by atoms with Crippen molar-refractivity contribution in [1.29, 1.82) is 0 Å². The van der Waals surface area contributed by atoms with E-state index in [4.69, 9.17) is 17.0 Å². The highest BCUT2D eigenvalue weighted by atomic mass is 32.2. The highest BCUT2D eigenvalue weighted by Crippen LogP contribution is 2.47. The van der Waals surface area contributed by atoms with Crippen molar-refractivity contribution < 1.29 is 9.53 Å². The first-order valence-corrected chi connectivity index (χ1v) is 10.8. The fraction of sp³-hybridized carbons (Fsp3) is 0.0400. The number of hydrogen-bond acceptors (Lipinski definition) is 4. The Kier molecular flexibility index (Phi) is 4.99. The average Bonchev–Trinajstić information content (AvgIpc) is 3.11. The minimum atomic E-state index is -0.171. The van der Waals surface area contributed by atoms with E-state index in [2.05, 4.69) is 23.5 Å². The quantitative estimate of drug-likeness (QED) is 0.433. The molecule has 1 amide bonds. The van der Waals surface area contributed by atoms with Gasteiger partial charge >= 0.3 is 0 Å². The van der Waals surface area contributed by atoms with Gasteiger partial charge in [0.2, 0.25) is 0 Å². The molecule has 1 unspecified atom stereocenters. The monoisotopic (exact) mass is 427 g/mol. The second-order valence-corrected chi connectivity index (χ2v) is 8.71. The molecule has 1 N–H and O–H groups in total. The lowest BCUT2D eigenvalue weighted by Crippen LogP contribution is -2.19. The molecule has 3 aromatic rings. The van der Waals surface area contributed by atoms with Gasteiger partial charge in [0, 0.05) is 22.6 Å². The van der Waals surface area contributed by atoms with E-state index in [1.807, 2.05) is 72.8 Å². The summed E-state index contributed by atoms with van der Waals surface area (Å²) in [5.74, 6) is 1.34. The summed E-state index contributed by atoms with van der Waals surface area (Å²) < 4.78 is 6.89. The molecule has 3 nitrogen and oxygen atoms in total. The summed E-state index contributed by atoms with van der Waals surface area (Å²) in [5.41, 5.74) is 4.11. The zero-order valence-electron chi connectivity index (χ0n) is 15.9. The fourth-order valence-corrected chi connectivity index (χ4v) is 4.85. The van der Waals surface area contributed by atoms with Crippen LogP contribution >= 0.6 is 24.0 Å². The van der Waals surface area contributed by atoms with Gasteiger partial charge in [-0.3, -0.25) is 4.79 Å². The predicted molar refractivity (Wildman–Crippen MR) is 125 cm³/mol. The number of amides is 1. The first kappa shape index (κ1) is 18.9. The van der Waals surface area contributed by atoms with E-state index in [9.17, 15) is 4.79 Å². The van der Waals surface area contributed by atoms with Crippen LogP contribution < -0.4 is 10.1 Å². The maximum atomic E-state index is 12.4. The van der Waals surface area contributed by atoms with Gasteiger partial charge in [-0.25, -0.2) is 0 Å². The SMILES string of the molecule is O=C1NC(=S)S/C1=C\C1=C(c2ccccc2)Oc2ccccc2C1c1ccccc1. The van der Waals surface area contributed by atoms with Crippen LogP contribution in [0.1, 0.15) is 22.6 Å². The molecular weight excluding hydrogens is 410 g/mol. The molecule has 0 aliphatic carbocycles. The predicted octanol–water partition coefficient (Wildman–Crippen LogP) is 5.65. The molecule has 1 saturated heterocycles. The van der Waals surface area contributed by atoms with Crippen LogP contribution in [-0.4, -0.2) is 10.2 Å². The number of hydrogen-bond donors (Lipinski definition) is 1. The third-order valence-corrected chi connectivity index (χ3v) is 6.28. The molecule has 0 saturated carbocycles. The lowest BCUT2D eigenvalue weighted by Gasteiger charge is -2.30. The zero-order chi connectivity index (χ0) is 20.5. The molecule has 5 rings (SSSR count). The molecule has 0 bridgehead atoms. The molecule has 5 heteroatoms. The van der Waals surface area contributed by atoms with Crippen LogP contribution in [0, 0.1) is 0 Å². The van der Waals surface area contributed by atoms with Crippen molar-refractivity contribution in [2.45, 2.75) is 5.92 Å². The van der Waals surface area contributed by atoms with Gasteiger partial charge in [0.05, 0.1) is 4.91 Å². The van der Waals surface area contributed by atoms with E-state index < -0.39 is 0 Å². The third-order valence-electron chi connectivity index (χ3n) is 5.11. The maximum absolute atomic E-state index is 12.4. The molecule has 1 atom stereocenters. The molecule has 0 radical (unpaired) electrons. The Morgan fingerprint density at radius 3 is 2.27 bits per heavy atom. The summed E-state index contributed by atoms with van der Waals surface area (Å²) in [7, 11) is 0. The Bertz CT molecular complexity index is 1200. The number of thioether (sulfide) groups is 1. The largest absolute Gasteiger partial charge is 0.456 e. The number of nitrogens with one attached hydrogen (secondary N) is 1. The van der Waals surface area contributed by atoms with Gasteiger partial charge in [0.1, 0.15) is 15.8 Å². The normalized spacial score (nSPS) is 19.5. The Hall–Kier alpha value is -3.15. The Balaban J connectivity index is 1.78. The second-order valence-electron chi connectivity index (χ2n) is 6.99. The first-order chi connectivity index (χ1) is 14.7. The standard InChI is InChI=1S/C25H17NO2S2/c27-24-21(30-25(29)26-24)15-19-22(16-9-3-1-4-10-16)18-13-7-8-14-20(18)28-23(19)17-11-5-2-6-12-17/h1-15,22H,(H,26,27,29)/b21-15-. The highest BCUT2D eigenvalue weighted by molar-refractivity contribution is 8.26.